The maximum Gasteiger partial charge on any atom is 0.186 e. The number of aromatic nitrogens is 1. The molecule has 1 saturated heterocycles. The molecule has 0 aromatic carbocycles. The Kier molecular flexibility index (Phi) is 3.05. The van der Waals surface area contributed by atoms with Crippen molar-refractivity contribution < 1.29 is 4.79 Å². The van der Waals surface area contributed by atoms with Crippen molar-refractivity contribution in [3.8, 4) is 0 Å². The summed E-state index contributed by atoms with van der Waals surface area (Å²) < 4.78 is 0. The van der Waals surface area contributed by atoms with Crippen LogP contribution >= 0.6 is 11.3 Å². The molecule has 0 saturated carbocycles. The third kappa shape index (κ3) is 2.04. The minimum Gasteiger partial charge on any atom is -0.348 e. The second kappa shape index (κ2) is 4.31. The lowest BCUT2D eigenvalue weighted by atomic mass is 10.1. The molecule has 0 radical (unpaired) electrons. The van der Waals surface area contributed by atoms with Crippen LogP contribution in [0.2, 0.25) is 0 Å². The highest BCUT2D eigenvalue weighted by Crippen LogP contribution is 2.30. The van der Waals surface area contributed by atoms with Crippen molar-refractivity contribution in [1.82, 2.24) is 4.98 Å². The topological polar surface area (TPSA) is 33.2 Å². The van der Waals surface area contributed by atoms with Crippen LogP contribution in [0.5, 0.6) is 0 Å². The number of nitrogens with zero attached hydrogens (tertiary/aromatic N) is 2. The first-order valence-electron chi connectivity index (χ1n) is 5.42. The number of hydrogen-bond acceptors (Lipinski definition) is 4. The van der Waals surface area contributed by atoms with Crippen molar-refractivity contribution >= 4 is 22.8 Å². The minimum absolute atomic E-state index is 0.768. The number of thiazole rings is 1. The Bertz CT molecular complexity index is 361. The first kappa shape index (κ1) is 10.6. The van der Waals surface area contributed by atoms with Crippen LogP contribution < -0.4 is 4.90 Å². The maximum atomic E-state index is 10.7. The fourth-order valence-electron chi connectivity index (χ4n) is 1.98. The van der Waals surface area contributed by atoms with E-state index in [0.29, 0.717) is 0 Å². The molecule has 2 heterocycles. The predicted octanol–water partition coefficient (Wildman–Crippen LogP) is 2.50. The minimum atomic E-state index is 0.768. The van der Waals surface area contributed by atoms with Crippen molar-refractivity contribution in [2.24, 2.45) is 5.92 Å². The number of hydrogen-bond donors (Lipinski definition) is 0. The van der Waals surface area contributed by atoms with Crippen molar-refractivity contribution in [3.63, 3.8) is 0 Å². The maximum absolute atomic E-state index is 10.7. The standard InChI is InChI=1S/C11H16N2OS/c1-3-9-4-5-13(6-9)11-12-8(2)10(7-14)15-11/h7,9H,3-6H2,1-2H3. The number of carbonyl (C=O) groups excluding carboxylic acids is 1. The summed E-state index contributed by atoms with van der Waals surface area (Å²) in [4.78, 5) is 18.2. The molecule has 0 aliphatic carbocycles. The van der Waals surface area contributed by atoms with E-state index in [2.05, 4.69) is 16.8 Å². The average Bonchev–Trinajstić information content (AvgIpc) is 2.83. The van der Waals surface area contributed by atoms with E-state index in [4.69, 9.17) is 0 Å². The lowest BCUT2D eigenvalue weighted by molar-refractivity contribution is 0.112. The van der Waals surface area contributed by atoms with Gasteiger partial charge in [0.05, 0.1) is 10.6 Å². The molecular weight excluding hydrogens is 208 g/mol. The molecule has 1 aromatic rings. The van der Waals surface area contributed by atoms with E-state index >= 15 is 0 Å². The number of carbonyl (C=O) groups is 1. The zero-order valence-corrected chi connectivity index (χ0v) is 10.0. The van der Waals surface area contributed by atoms with Crippen LogP contribution in [0.4, 0.5) is 5.13 Å². The van der Waals surface area contributed by atoms with Crippen molar-refractivity contribution in [3.05, 3.63) is 10.6 Å². The Balaban J connectivity index is 2.13. The highest BCUT2D eigenvalue weighted by molar-refractivity contribution is 7.17. The van der Waals surface area contributed by atoms with Crippen LogP contribution in [-0.2, 0) is 0 Å². The van der Waals surface area contributed by atoms with Crippen LogP contribution in [0, 0.1) is 12.8 Å². The molecule has 15 heavy (non-hydrogen) atoms. The van der Waals surface area contributed by atoms with Gasteiger partial charge >= 0.3 is 0 Å². The second-order valence-corrected chi connectivity index (χ2v) is 5.08. The summed E-state index contributed by atoms with van der Waals surface area (Å²) in [5.74, 6) is 0.800. The quantitative estimate of drug-likeness (QED) is 0.740. The Labute approximate surface area is 94.1 Å². The highest BCUT2D eigenvalue weighted by atomic mass is 32.1. The normalized spacial score (nSPS) is 20.9. The van der Waals surface area contributed by atoms with Gasteiger partial charge in [-0.2, -0.15) is 0 Å². The molecule has 0 bridgehead atoms. The summed E-state index contributed by atoms with van der Waals surface area (Å²) in [5, 5.41) is 1.02. The fraction of sp³-hybridized carbons (Fsp3) is 0.636. The first-order chi connectivity index (χ1) is 7.24. The first-order valence-corrected chi connectivity index (χ1v) is 6.23. The molecule has 82 valence electrons. The zero-order valence-electron chi connectivity index (χ0n) is 9.19. The van der Waals surface area contributed by atoms with Crippen LogP contribution in [0.1, 0.15) is 35.1 Å². The van der Waals surface area contributed by atoms with Crippen LogP contribution in [0.25, 0.3) is 0 Å². The molecular formula is C11H16N2OS. The van der Waals surface area contributed by atoms with Gasteiger partial charge in [0.2, 0.25) is 0 Å². The largest absolute Gasteiger partial charge is 0.348 e. The van der Waals surface area contributed by atoms with Crippen molar-refractivity contribution in [2.75, 3.05) is 18.0 Å². The van der Waals surface area contributed by atoms with E-state index in [1.54, 1.807) is 0 Å². The third-order valence-corrected chi connectivity index (χ3v) is 4.21. The van der Waals surface area contributed by atoms with E-state index in [1.165, 1.54) is 24.2 Å². The Morgan fingerprint density at radius 2 is 2.47 bits per heavy atom. The van der Waals surface area contributed by atoms with E-state index in [1.807, 2.05) is 6.92 Å². The summed E-state index contributed by atoms with van der Waals surface area (Å²) in [7, 11) is 0. The van der Waals surface area contributed by atoms with Crippen LogP contribution in [-0.4, -0.2) is 24.4 Å². The van der Waals surface area contributed by atoms with Gasteiger partial charge in [-0.25, -0.2) is 4.98 Å². The van der Waals surface area contributed by atoms with E-state index in [-0.39, 0.29) is 0 Å². The van der Waals surface area contributed by atoms with Crippen molar-refractivity contribution in [1.29, 1.82) is 0 Å². The van der Waals surface area contributed by atoms with Gasteiger partial charge in [0.25, 0.3) is 0 Å². The van der Waals surface area contributed by atoms with Gasteiger partial charge < -0.3 is 4.90 Å². The summed E-state index contributed by atoms with van der Waals surface area (Å²) in [5.41, 5.74) is 0.866. The lowest BCUT2D eigenvalue weighted by Crippen LogP contribution is -2.19. The number of aryl methyl sites for hydroxylation is 1. The smallest absolute Gasteiger partial charge is 0.186 e. The van der Waals surface area contributed by atoms with Gasteiger partial charge in [0, 0.05) is 13.1 Å². The Morgan fingerprint density at radius 3 is 3.00 bits per heavy atom. The molecule has 4 heteroatoms. The third-order valence-electron chi connectivity index (χ3n) is 3.06. The van der Waals surface area contributed by atoms with Gasteiger partial charge in [-0.1, -0.05) is 24.7 Å². The summed E-state index contributed by atoms with van der Waals surface area (Å²) in [6, 6.07) is 0. The SMILES string of the molecule is CCC1CCN(c2nc(C)c(C=O)s2)C1. The number of anilines is 1. The molecule has 0 N–H and O–H groups in total. The van der Waals surface area contributed by atoms with Crippen LogP contribution in [0.15, 0.2) is 0 Å². The molecule has 1 fully saturated rings. The molecule has 3 nitrogen and oxygen atoms in total. The lowest BCUT2D eigenvalue weighted by Gasteiger charge is -2.13. The molecule has 1 atom stereocenters. The van der Waals surface area contributed by atoms with Gasteiger partial charge in [-0.05, 0) is 19.3 Å². The van der Waals surface area contributed by atoms with Gasteiger partial charge in [-0.3, -0.25) is 4.79 Å². The fourth-order valence-corrected chi connectivity index (χ4v) is 2.89. The predicted molar refractivity (Wildman–Crippen MR) is 62.8 cm³/mol. The van der Waals surface area contributed by atoms with Gasteiger partial charge in [-0.15, -0.1) is 0 Å². The summed E-state index contributed by atoms with van der Waals surface area (Å²) >= 11 is 1.52. The Hall–Kier alpha value is -0.900. The van der Waals surface area contributed by atoms with Crippen molar-refractivity contribution in [2.45, 2.75) is 26.7 Å². The van der Waals surface area contributed by atoms with Gasteiger partial charge in [0.15, 0.2) is 11.4 Å². The summed E-state index contributed by atoms with van der Waals surface area (Å²) in [6.07, 6.45) is 3.40. The molecule has 0 amide bonds. The molecule has 0 spiro atoms. The zero-order chi connectivity index (χ0) is 10.8. The molecule has 1 aromatic heterocycles. The van der Waals surface area contributed by atoms with E-state index < -0.39 is 0 Å². The average molecular weight is 224 g/mol. The van der Waals surface area contributed by atoms with E-state index in [0.717, 1.165) is 41.0 Å². The van der Waals surface area contributed by atoms with Gasteiger partial charge in [0.1, 0.15) is 0 Å². The number of aldehydes is 1. The summed E-state index contributed by atoms with van der Waals surface area (Å²) in [6.45, 7) is 6.32. The number of rotatable bonds is 3. The second-order valence-electron chi connectivity index (χ2n) is 4.07. The highest BCUT2D eigenvalue weighted by Gasteiger charge is 2.23. The Morgan fingerprint density at radius 1 is 1.67 bits per heavy atom. The molecule has 1 aliphatic rings. The van der Waals surface area contributed by atoms with E-state index in [9.17, 15) is 4.79 Å². The molecule has 2 rings (SSSR count). The monoisotopic (exact) mass is 224 g/mol. The van der Waals surface area contributed by atoms with Crippen LogP contribution in [0.3, 0.4) is 0 Å². The molecule has 1 unspecified atom stereocenters. The molecule has 1 aliphatic heterocycles.